The maximum absolute atomic E-state index is 12.5. The number of benzene rings is 2. The van der Waals surface area contributed by atoms with Crippen LogP contribution >= 0.6 is 23.6 Å². The van der Waals surface area contributed by atoms with Crippen LogP contribution in [0, 0.1) is 17.8 Å². The molecule has 1 amide bonds. The summed E-state index contributed by atoms with van der Waals surface area (Å²) in [6, 6.07) is 15.8. The second-order valence-corrected chi connectivity index (χ2v) is 7.50. The molecule has 0 fully saturated rings. The molecule has 2 aromatic carbocycles. The van der Waals surface area contributed by atoms with Gasteiger partial charge in [-0.25, -0.2) is 0 Å². The zero-order valence-electron chi connectivity index (χ0n) is 14.1. The van der Waals surface area contributed by atoms with E-state index in [0.717, 1.165) is 16.8 Å². The van der Waals surface area contributed by atoms with Crippen LogP contribution in [-0.4, -0.2) is 10.5 Å². The van der Waals surface area contributed by atoms with Crippen molar-refractivity contribution in [3.05, 3.63) is 74.1 Å². The second-order valence-electron chi connectivity index (χ2n) is 5.85. The molecule has 25 heavy (non-hydrogen) atoms. The molecule has 3 N–H and O–H groups in total. The Morgan fingerprint density at radius 1 is 1.16 bits per heavy atom. The SMILES string of the molecule is Cc1ccc(-n2c(N)c(C(=O)NCc3ccccc3)sc2=S)cc1C. The van der Waals surface area contributed by atoms with Gasteiger partial charge in [-0.15, -0.1) is 0 Å². The van der Waals surface area contributed by atoms with Crippen LogP contribution in [0.25, 0.3) is 5.69 Å². The van der Waals surface area contributed by atoms with Crippen molar-refractivity contribution in [2.24, 2.45) is 0 Å². The highest BCUT2D eigenvalue weighted by Crippen LogP contribution is 2.27. The van der Waals surface area contributed by atoms with Crippen LogP contribution in [0.1, 0.15) is 26.4 Å². The van der Waals surface area contributed by atoms with Gasteiger partial charge in [-0.1, -0.05) is 47.7 Å². The minimum absolute atomic E-state index is 0.208. The van der Waals surface area contributed by atoms with Crippen molar-refractivity contribution < 1.29 is 4.79 Å². The van der Waals surface area contributed by atoms with Crippen LogP contribution in [0.3, 0.4) is 0 Å². The van der Waals surface area contributed by atoms with Crippen LogP contribution in [0.15, 0.2) is 48.5 Å². The van der Waals surface area contributed by atoms with Crippen molar-refractivity contribution in [1.82, 2.24) is 9.88 Å². The van der Waals surface area contributed by atoms with Gasteiger partial charge in [0.15, 0.2) is 3.95 Å². The van der Waals surface area contributed by atoms with Gasteiger partial charge < -0.3 is 11.1 Å². The zero-order valence-corrected chi connectivity index (χ0v) is 15.7. The number of hydrogen-bond acceptors (Lipinski definition) is 4. The molecule has 1 aromatic heterocycles. The predicted molar refractivity (Wildman–Crippen MR) is 106 cm³/mol. The molecule has 0 aliphatic carbocycles. The number of thiazole rings is 1. The number of carbonyl (C=O) groups excluding carboxylic acids is 1. The van der Waals surface area contributed by atoms with Crippen molar-refractivity contribution >= 4 is 35.3 Å². The van der Waals surface area contributed by atoms with Gasteiger partial charge in [0.25, 0.3) is 5.91 Å². The molecule has 3 aromatic rings. The van der Waals surface area contributed by atoms with Crippen molar-refractivity contribution in [3.8, 4) is 5.69 Å². The minimum atomic E-state index is -0.208. The summed E-state index contributed by atoms with van der Waals surface area (Å²) in [6.45, 7) is 4.55. The third-order valence-electron chi connectivity index (χ3n) is 4.10. The first-order chi connectivity index (χ1) is 12.0. The minimum Gasteiger partial charge on any atom is -0.383 e. The summed E-state index contributed by atoms with van der Waals surface area (Å²) in [5.41, 5.74) is 10.5. The first-order valence-corrected chi connectivity index (χ1v) is 9.11. The molecule has 1 heterocycles. The molecule has 0 bridgehead atoms. The quantitative estimate of drug-likeness (QED) is 0.670. The highest BCUT2D eigenvalue weighted by molar-refractivity contribution is 7.73. The lowest BCUT2D eigenvalue weighted by Gasteiger charge is -2.09. The van der Waals surface area contributed by atoms with Gasteiger partial charge in [-0.05, 0) is 54.9 Å². The summed E-state index contributed by atoms with van der Waals surface area (Å²) < 4.78 is 2.31. The number of nitrogen functional groups attached to an aromatic ring is 1. The number of nitrogens with two attached hydrogens (primary N) is 1. The standard InChI is InChI=1S/C19H19N3OS2/c1-12-8-9-15(10-13(12)2)22-17(20)16(25-19(22)24)18(23)21-11-14-6-4-3-5-7-14/h3-10H,11,20H2,1-2H3,(H,21,23). The van der Waals surface area contributed by atoms with E-state index in [0.29, 0.717) is 21.2 Å². The lowest BCUT2D eigenvalue weighted by molar-refractivity contribution is 0.0955. The largest absolute Gasteiger partial charge is 0.383 e. The van der Waals surface area contributed by atoms with Gasteiger partial charge in [-0.2, -0.15) is 0 Å². The fourth-order valence-corrected chi connectivity index (χ4v) is 3.80. The number of aromatic nitrogens is 1. The van der Waals surface area contributed by atoms with Gasteiger partial charge >= 0.3 is 0 Å². The monoisotopic (exact) mass is 369 g/mol. The molecule has 128 valence electrons. The molecule has 0 unspecified atom stereocenters. The number of rotatable bonds is 4. The molecule has 0 saturated carbocycles. The molecule has 3 rings (SSSR count). The lowest BCUT2D eigenvalue weighted by atomic mass is 10.1. The van der Waals surface area contributed by atoms with Gasteiger partial charge in [0, 0.05) is 12.2 Å². The molecular formula is C19H19N3OS2. The Balaban J connectivity index is 1.87. The summed E-state index contributed by atoms with van der Waals surface area (Å²) >= 11 is 6.67. The number of anilines is 1. The number of carbonyl (C=O) groups is 1. The molecule has 6 heteroatoms. The first kappa shape index (κ1) is 17.4. The molecule has 0 atom stereocenters. The van der Waals surface area contributed by atoms with E-state index in [1.165, 1.54) is 16.9 Å². The molecule has 0 saturated heterocycles. The van der Waals surface area contributed by atoms with Crippen LogP contribution in [0.4, 0.5) is 5.82 Å². The Bertz CT molecular complexity index is 974. The number of amides is 1. The fraction of sp³-hybridized carbons (Fsp3) is 0.158. The topological polar surface area (TPSA) is 60.0 Å². The number of nitrogens with one attached hydrogen (secondary N) is 1. The third kappa shape index (κ3) is 3.65. The van der Waals surface area contributed by atoms with Gasteiger partial charge in [0.05, 0.1) is 0 Å². The maximum Gasteiger partial charge on any atom is 0.265 e. The number of hydrogen-bond donors (Lipinski definition) is 2. The van der Waals surface area contributed by atoms with E-state index >= 15 is 0 Å². The van der Waals surface area contributed by atoms with Crippen molar-refractivity contribution in [1.29, 1.82) is 0 Å². The Morgan fingerprint density at radius 3 is 2.56 bits per heavy atom. The lowest BCUT2D eigenvalue weighted by Crippen LogP contribution is -2.23. The van der Waals surface area contributed by atoms with E-state index in [1.807, 2.05) is 55.5 Å². The van der Waals surface area contributed by atoms with Crippen LogP contribution in [-0.2, 0) is 6.54 Å². The Kier molecular flexibility index (Phi) is 5.01. The Labute approximate surface area is 155 Å². The molecule has 0 spiro atoms. The average Bonchev–Trinajstić information content (AvgIpc) is 2.91. The van der Waals surface area contributed by atoms with Crippen molar-refractivity contribution in [2.75, 3.05) is 5.73 Å². The first-order valence-electron chi connectivity index (χ1n) is 7.88. The van der Waals surface area contributed by atoms with Gasteiger partial charge in [0.2, 0.25) is 0 Å². The van der Waals surface area contributed by atoms with Gasteiger partial charge in [0.1, 0.15) is 10.7 Å². The fourth-order valence-electron chi connectivity index (χ4n) is 2.52. The maximum atomic E-state index is 12.5. The van der Waals surface area contributed by atoms with E-state index < -0.39 is 0 Å². The van der Waals surface area contributed by atoms with Crippen LogP contribution < -0.4 is 11.1 Å². The van der Waals surface area contributed by atoms with Crippen LogP contribution in [0.2, 0.25) is 0 Å². The van der Waals surface area contributed by atoms with E-state index in [4.69, 9.17) is 18.0 Å². The normalized spacial score (nSPS) is 10.6. The number of nitrogens with zero attached hydrogens (tertiary/aromatic N) is 1. The van der Waals surface area contributed by atoms with E-state index in [1.54, 1.807) is 4.57 Å². The summed E-state index contributed by atoms with van der Waals surface area (Å²) in [6.07, 6.45) is 0. The molecular weight excluding hydrogens is 350 g/mol. The van der Waals surface area contributed by atoms with Crippen molar-refractivity contribution in [3.63, 3.8) is 0 Å². The van der Waals surface area contributed by atoms with Crippen molar-refractivity contribution in [2.45, 2.75) is 20.4 Å². The highest BCUT2D eigenvalue weighted by atomic mass is 32.1. The molecule has 0 aliphatic heterocycles. The molecule has 0 radical (unpaired) electrons. The zero-order chi connectivity index (χ0) is 18.0. The van der Waals surface area contributed by atoms with E-state index in [2.05, 4.69) is 12.2 Å². The van der Waals surface area contributed by atoms with Crippen LogP contribution in [0.5, 0.6) is 0 Å². The third-order valence-corrected chi connectivity index (χ3v) is 5.48. The second kappa shape index (κ2) is 7.21. The van der Waals surface area contributed by atoms with E-state index in [9.17, 15) is 4.79 Å². The Hall–Kier alpha value is -2.44. The van der Waals surface area contributed by atoms with E-state index in [-0.39, 0.29) is 5.91 Å². The molecule has 4 nitrogen and oxygen atoms in total. The summed E-state index contributed by atoms with van der Waals surface area (Å²) in [4.78, 5) is 13.0. The predicted octanol–water partition coefficient (Wildman–Crippen LogP) is 4.40. The number of aryl methyl sites for hydroxylation is 2. The average molecular weight is 370 g/mol. The smallest absolute Gasteiger partial charge is 0.265 e. The molecule has 0 aliphatic rings. The van der Waals surface area contributed by atoms with Gasteiger partial charge in [-0.3, -0.25) is 9.36 Å². The Morgan fingerprint density at radius 2 is 1.88 bits per heavy atom. The highest BCUT2D eigenvalue weighted by Gasteiger charge is 2.18. The summed E-state index contributed by atoms with van der Waals surface area (Å²) in [5, 5.41) is 2.90. The summed E-state index contributed by atoms with van der Waals surface area (Å²) in [7, 11) is 0. The summed E-state index contributed by atoms with van der Waals surface area (Å²) in [5.74, 6) is 0.170.